The monoisotopic (exact) mass is 338 g/mol. The van der Waals surface area contributed by atoms with Gasteiger partial charge in [-0.25, -0.2) is 9.78 Å². The molecule has 0 unspecified atom stereocenters. The van der Waals surface area contributed by atoms with E-state index in [0.29, 0.717) is 0 Å². The molecule has 25 heavy (non-hydrogen) atoms. The van der Waals surface area contributed by atoms with E-state index in [4.69, 9.17) is 4.74 Å². The van der Waals surface area contributed by atoms with E-state index >= 15 is 0 Å². The third-order valence-corrected chi connectivity index (χ3v) is 4.86. The average molecular weight is 338 g/mol. The van der Waals surface area contributed by atoms with Gasteiger partial charge < -0.3 is 9.64 Å². The quantitative estimate of drug-likeness (QED) is 0.844. The largest absolute Gasteiger partial charge is 0.378 e. The smallest absolute Gasteiger partial charge is 0.328 e. The molecule has 0 bridgehead atoms. The molecule has 2 aromatic rings. The van der Waals surface area contributed by atoms with Crippen LogP contribution in [0.3, 0.4) is 0 Å². The number of urea groups is 1. The van der Waals surface area contributed by atoms with Crippen molar-refractivity contribution in [2.75, 3.05) is 54.6 Å². The molecule has 4 rings (SSSR count). The first-order valence-electron chi connectivity index (χ1n) is 8.66. The number of benzene rings is 1. The third kappa shape index (κ3) is 3.05. The Hall–Kier alpha value is -2.60. The van der Waals surface area contributed by atoms with Gasteiger partial charge in [-0.05, 0) is 30.2 Å². The summed E-state index contributed by atoms with van der Waals surface area (Å²) < 4.78 is 5.37. The summed E-state index contributed by atoms with van der Waals surface area (Å²) in [6, 6.07) is 12.0. The van der Waals surface area contributed by atoms with Crippen molar-refractivity contribution < 1.29 is 9.53 Å². The summed E-state index contributed by atoms with van der Waals surface area (Å²) in [5.41, 5.74) is 3.04. The molecule has 1 aromatic heterocycles. The Balaban J connectivity index is 1.49. The van der Waals surface area contributed by atoms with E-state index < -0.39 is 0 Å². The fourth-order valence-corrected chi connectivity index (χ4v) is 3.38. The molecule has 2 aliphatic heterocycles. The van der Waals surface area contributed by atoms with Crippen LogP contribution in [-0.2, 0) is 11.2 Å². The van der Waals surface area contributed by atoms with Crippen LogP contribution in [-0.4, -0.2) is 50.9 Å². The van der Waals surface area contributed by atoms with Crippen LogP contribution in [0.15, 0.2) is 42.6 Å². The molecule has 0 aliphatic carbocycles. The standard InChI is InChI=1S/C19H22N4O2/c1-21(19(24)23-9-8-15-4-2-3-5-17(15)23)16-6-7-18(20-14-16)22-10-12-25-13-11-22/h2-7,14H,8-13H2,1H3. The first-order valence-corrected chi connectivity index (χ1v) is 8.66. The van der Waals surface area contributed by atoms with Crippen molar-refractivity contribution in [2.45, 2.75) is 6.42 Å². The number of nitrogens with zero attached hydrogens (tertiary/aromatic N) is 4. The fraction of sp³-hybridized carbons (Fsp3) is 0.368. The van der Waals surface area contributed by atoms with Crippen LogP contribution in [0.4, 0.5) is 22.0 Å². The molecule has 0 radical (unpaired) electrons. The number of aromatic nitrogens is 1. The number of hydrogen-bond donors (Lipinski definition) is 0. The van der Waals surface area contributed by atoms with Crippen molar-refractivity contribution in [1.82, 2.24) is 4.98 Å². The van der Waals surface area contributed by atoms with Gasteiger partial charge in [0.2, 0.25) is 0 Å². The number of fused-ring (bicyclic) bond motifs is 1. The number of amides is 2. The summed E-state index contributed by atoms with van der Waals surface area (Å²) in [4.78, 5) is 23.1. The molecule has 2 aliphatic rings. The Morgan fingerprint density at radius 1 is 1.12 bits per heavy atom. The minimum Gasteiger partial charge on any atom is -0.378 e. The highest BCUT2D eigenvalue weighted by Crippen LogP contribution is 2.29. The summed E-state index contributed by atoms with van der Waals surface area (Å²) in [7, 11) is 1.80. The summed E-state index contributed by atoms with van der Waals surface area (Å²) in [6.07, 6.45) is 2.68. The Bertz CT molecular complexity index is 756. The SMILES string of the molecule is CN(C(=O)N1CCc2ccccc21)c1ccc(N2CCOCC2)nc1. The fourth-order valence-electron chi connectivity index (χ4n) is 3.38. The number of carbonyl (C=O) groups is 1. The van der Waals surface area contributed by atoms with E-state index in [9.17, 15) is 4.79 Å². The summed E-state index contributed by atoms with van der Waals surface area (Å²) >= 11 is 0. The molecule has 6 heteroatoms. The lowest BCUT2D eigenvalue weighted by Gasteiger charge is -2.28. The maximum absolute atomic E-state index is 12.9. The first-order chi connectivity index (χ1) is 12.2. The maximum atomic E-state index is 12.9. The summed E-state index contributed by atoms with van der Waals surface area (Å²) in [5, 5.41) is 0. The van der Waals surface area contributed by atoms with Gasteiger partial charge in [0.25, 0.3) is 0 Å². The highest BCUT2D eigenvalue weighted by atomic mass is 16.5. The molecule has 1 fully saturated rings. The van der Waals surface area contributed by atoms with Crippen LogP contribution in [0.5, 0.6) is 0 Å². The van der Waals surface area contributed by atoms with Crippen LogP contribution in [0, 0.1) is 0 Å². The second-order valence-corrected chi connectivity index (χ2v) is 6.35. The van der Waals surface area contributed by atoms with E-state index in [0.717, 1.165) is 56.5 Å². The molecule has 130 valence electrons. The zero-order valence-electron chi connectivity index (χ0n) is 14.4. The second-order valence-electron chi connectivity index (χ2n) is 6.35. The van der Waals surface area contributed by atoms with Crippen LogP contribution < -0.4 is 14.7 Å². The van der Waals surface area contributed by atoms with Gasteiger partial charge in [0.15, 0.2) is 0 Å². The van der Waals surface area contributed by atoms with Gasteiger partial charge in [-0.15, -0.1) is 0 Å². The highest BCUT2D eigenvalue weighted by molar-refractivity contribution is 6.04. The minimum atomic E-state index is -0.0223. The van der Waals surface area contributed by atoms with E-state index in [-0.39, 0.29) is 6.03 Å². The third-order valence-electron chi connectivity index (χ3n) is 4.86. The molecular weight excluding hydrogens is 316 g/mol. The molecule has 0 atom stereocenters. The number of para-hydroxylation sites is 1. The molecule has 0 saturated carbocycles. The van der Waals surface area contributed by atoms with Gasteiger partial charge >= 0.3 is 6.03 Å². The zero-order chi connectivity index (χ0) is 17.2. The van der Waals surface area contributed by atoms with Crippen LogP contribution in [0.25, 0.3) is 0 Å². The predicted octanol–water partition coefficient (Wildman–Crippen LogP) is 2.54. The van der Waals surface area contributed by atoms with Crippen molar-refractivity contribution in [3.63, 3.8) is 0 Å². The average Bonchev–Trinajstić information content (AvgIpc) is 3.12. The molecule has 3 heterocycles. The number of morpholine rings is 1. The van der Waals surface area contributed by atoms with Crippen molar-refractivity contribution >= 4 is 23.2 Å². The van der Waals surface area contributed by atoms with Crippen molar-refractivity contribution in [1.29, 1.82) is 0 Å². The Morgan fingerprint density at radius 2 is 1.92 bits per heavy atom. The Morgan fingerprint density at radius 3 is 2.68 bits per heavy atom. The Kier molecular flexibility index (Phi) is 4.28. The van der Waals surface area contributed by atoms with Gasteiger partial charge in [-0.3, -0.25) is 9.80 Å². The summed E-state index contributed by atoms with van der Waals surface area (Å²) in [5.74, 6) is 0.930. The van der Waals surface area contributed by atoms with Crippen molar-refractivity contribution in [3.8, 4) is 0 Å². The van der Waals surface area contributed by atoms with Gasteiger partial charge in [0.1, 0.15) is 5.82 Å². The number of hydrogen-bond acceptors (Lipinski definition) is 4. The predicted molar refractivity (Wildman–Crippen MR) is 98.6 cm³/mol. The van der Waals surface area contributed by atoms with Crippen LogP contribution in [0.2, 0.25) is 0 Å². The van der Waals surface area contributed by atoms with Crippen molar-refractivity contribution in [3.05, 3.63) is 48.2 Å². The summed E-state index contributed by atoms with van der Waals surface area (Å²) in [6.45, 7) is 3.89. The number of pyridine rings is 1. The van der Waals surface area contributed by atoms with Crippen molar-refractivity contribution in [2.24, 2.45) is 0 Å². The van der Waals surface area contributed by atoms with Gasteiger partial charge in [-0.1, -0.05) is 18.2 Å². The zero-order valence-corrected chi connectivity index (χ0v) is 14.4. The first kappa shape index (κ1) is 15.9. The van der Waals surface area contributed by atoms with Gasteiger partial charge in [-0.2, -0.15) is 0 Å². The molecule has 6 nitrogen and oxygen atoms in total. The topological polar surface area (TPSA) is 48.9 Å². The number of ether oxygens (including phenoxy) is 1. The molecule has 0 N–H and O–H groups in total. The van der Waals surface area contributed by atoms with Gasteiger partial charge in [0.05, 0.1) is 25.1 Å². The number of rotatable bonds is 2. The highest BCUT2D eigenvalue weighted by Gasteiger charge is 2.27. The Labute approximate surface area is 147 Å². The normalized spacial score (nSPS) is 16.7. The lowest BCUT2D eigenvalue weighted by Crippen LogP contribution is -2.40. The second kappa shape index (κ2) is 6.72. The van der Waals surface area contributed by atoms with E-state index in [2.05, 4.69) is 16.0 Å². The van der Waals surface area contributed by atoms with E-state index in [1.165, 1.54) is 5.56 Å². The van der Waals surface area contributed by atoms with Crippen LogP contribution >= 0.6 is 0 Å². The number of anilines is 3. The molecule has 0 spiro atoms. The molecule has 2 amide bonds. The number of carbonyl (C=O) groups excluding carboxylic acids is 1. The van der Waals surface area contributed by atoms with E-state index in [1.807, 2.05) is 35.2 Å². The lowest BCUT2D eigenvalue weighted by atomic mass is 10.2. The molecular formula is C19H22N4O2. The molecule has 1 aromatic carbocycles. The van der Waals surface area contributed by atoms with Gasteiger partial charge in [0, 0.05) is 32.4 Å². The lowest BCUT2D eigenvalue weighted by molar-refractivity contribution is 0.122. The minimum absolute atomic E-state index is 0.0223. The molecule has 1 saturated heterocycles. The van der Waals surface area contributed by atoms with Crippen LogP contribution in [0.1, 0.15) is 5.56 Å². The van der Waals surface area contributed by atoms with E-state index in [1.54, 1.807) is 18.1 Å². The maximum Gasteiger partial charge on any atom is 0.328 e.